The van der Waals surface area contributed by atoms with E-state index in [1.54, 1.807) is 54.7 Å². The number of carbonyl (C=O) groups is 2. The largest absolute Gasteiger partial charge is 0.507 e. The molecule has 7 heteroatoms. The molecule has 2 heterocycles. The van der Waals surface area contributed by atoms with E-state index < -0.39 is 17.7 Å². The minimum atomic E-state index is -0.845. The lowest BCUT2D eigenvalue weighted by Crippen LogP contribution is -2.29. The zero-order valence-electron chi connectivity index (χ0n) is 18.3. The number of Topliss-reactive ketones (excluding diaryl/α,β-unsaturated/α-hetero) is 1. The highest BCUT2D eigenvalue weighted by Gasteiger charge is 2.47. The number of amides is 1. The van der Waals surface area contributed by atoms with Gasteiger partial charge in [-0.3, -0.25) is 14.5 Å². The molecule has 6 nitrogen and oxygen atoms in total. The van der Waals surface area contributed by atoms with Gasteiger partial charge in [0.05, 0.1) is 18.2 Å². The topological polar surface area (TPSA) is 82.6 Å². The molecule has 1 aliphatic heterocycles. The summed E-state index contributed by atoms with van der Waals surface area (Å²) in [6.07, 6.45) is 1.64. The Morgan fingerprint density at radius 3 is 2.59 bits per heavy atom. The maximum atomic E-state index is 13.3. The molecular weight excluding hydrogens is 452 g/mol. The number of benzene rings is 3. The summed E-state index contributed by atoms with van der Waals surface area (Å²) < 4.78 is 5.60. The number of carbonyl (C=O) groups excluding carboxylic acids is 2. The number of aromatic nitrogens is 1. The molecule has 4 aromatic rings. The maximum absolute atomic E-state index is 13.3. The van der Waals surface area contributed by atoms with Crippen molar-refractivity contribution in [1.82, 2.24) is 4.98 Å². The highest BCUT2D eigenvalue weighted by molar-refractivity contribution is 6.51. The van der Waals surface area contributed by atoms with Crippen molar-refractivity contribution in [3.8, 4) is 5.75 Å². The molecule has 1 aliphatic rings. The summed E-state index contributed by atoms with van der Waals surface area (Å²) in [4.78, 5) is 31.2. The molecule has 1 saturated heterocycles. The van der Waals surface area contributed by atoms with E-state index in [-0.39, 0.29) is 11.3 Å². The van der Waals surface area contributed by atoms with E-state index in [1.165, 1.54) is 4.90 Å². The standard InChI is InChI=1S/C27H21ClN2O4/c1-2-34-19-7-5-6-18(14-19)30-24(16-10-12-17(28)13-11-16)23(26(32)27(30)33)25(31)21-15-29-22-9-4-3-8-20(21)22/h3-15,24,29,31H,2H2,1H3/b25-23-. The van der Waals surface area contributed by atoms with Crippen LogP contribution < -0.4 is 9.64 Å². The number of fused-ring (bicyclic) bond motifs is 1. The van der Waals surface area contributed by atoms with Gasteiger partial charge in [-0.05, 0) is 42.8 Å². The molecule has 1 amide bonds. The number of aliphatic hydroxyl groups is 1. The molecular formula is C27H21ClN2O4. The molecule has 1 aromatic heterocycles. The van der Waals surface area contributed by atoms with Crippen LogP contribution in [0.5, 0.6) is 5.75 Å². The van der Waals surface area contributed by atoms with E-state index in [1.807, 2.05) is 31.2 Å². The maximum Gasteiger partial charge on any atom is 0.300 e. The third kappa shape index (κ3) is 3.62. The lowest BCUT2D eigenvalue weighted by Gasteiger charge is -2.25. The number of hydrogen-bond donors (Lipinski definition) is 2. The molecule has 0 radical (unpaired) electrons. The van der Waals surface area contributed by atoms with Gasteiger partial charge in [-0.1, -0.05) is 48.0 Å². The number of H-pyrrole nitrogens is 1. The second kappa shape index (κ2) is 8.72. The van der Waals surface area contributed by atoms with E-state index in [4.69, 9.17) is 16.3 Å². The Hall–Kier alpha value is -4.03. The average molecular weight is 473 g/mol. The molecule has 2 N–H and O–H groups in total. The fourth-order valence-corrected chi connectivity index (χ4v) is 4.49. The highest BCUT2D eigenvalue weighted by Crippen LogP contribution is 2.43. The van der Waals surface area contributed by atoms with Gasteiger partial charge in [0.25, 0.3) is 11.7 Å². The van der Waals surface area contributed by atoms with E-state index in [0.717, 1.165) is 10.9 Å². The number of halogens is 1. The van der Waals surface area contributed by atoms with Crippen LogP contribution in [0.3, 0.4) is 0 Å². The summed E-state index contributed by atoms with van der Waals surface area (Å²) in [7, 11) is 0. The van der Waals surface area contributed by atoms with Crippen LogP contribution in [0.4, 0.5) is 5.69 Å². The number of ketones is 1. The number of ether oxygens (including phenoxy) is 1. The van der Waals surface area contributed by atoms with Crippen LogP contribution in [-0.2, 0) is 9.59 Å². The van der Waals surface area contributed by atoms with Gasteiger partial charge in [-0.25, -0.2) is 0 Å². The molecule has 1 atom stereocenters. The van der Waals surface area contributed by atoms with Crippen LogP contribution >= 0.6 is 11.6 Å². The minimum absolute atomic E-state index is 0.0129. The summed E-state index contributed by atoms with van der Waals surface area (Å²) in [6, 6.07) is 20.5. The normalized spacial score (nSPS) is 17.5. The van der Waals surface area contributed by atoms with Crippen molar-refractivity contribution in [3.63, 3.8) is 0 Å². The Labute approximate surface area is 201 Å². The predicted octanol–water partition coefficient (Wildman–Crippen LogP) is 5.85. The zero-order valence-corrected chi connectivity index (χ0v) is 19.0. The van der Waals surface area contributed by atoms with Crippen molar-refractivity contribution in [2.45, 2.75) is 13.0 Å². The van der Waals surface area contributed by atoms with Crippen molar-refractivity contribution in [3.05, 3.63) is 101 Å². The molecule has 5 rings (SSSR count). The average Bonchev–Trinajstić information content (AvgIpc) is 3.39. The molecule has 0 saturated carbocycles. The molecule has 0 spiro atoms. The molecule has 34 heavy (non-hydrogen) atoms. The minimum Gasteiger partial charge on any atom is -0.507 e. The van der Waals surface area contributed by atoms with Gasteiger partial charge in [-0.15, -0.1) is 0 Å². The number of nitrogens with one attached hydrogen (secondary N) is 1. The number of rotatable bonds is 5. The predicted molar refractivity (Wildman–Crippen MR) is 132 cm³/mol. The third-order valence-corrected chi connectivity index (χ3v) is 6.13. The fourth-order valence-electron chi connectivity index (χ4n) is 4.36. The van der Waals surface area contributed by atoms with Crippen LogP contribution in [0, 0.1) is 0 Å². The first-order valence-electron chi connectivity index (χ1n) is 10.9. The summed E-state index contributed by atoms with van der Waals surface area (Å²) in [5.74, 6) is -1.15. The van der Waals surface area contributed by atoms with E-state index in [2.05, 4.69) is 4.98 Å². The van der Waals surface area contributed by atoms with Gasteiger partial charge in [0.15, 0.2) is 0 Å². The van der Waals surface area contributed by atoms with Crippen LogP contribution in [0.15, 0.2) is 84.6 Å². The van der Waals surface area contributed by atoms with E-state index >= 15 is 0 Å². The van der Waals surface area contributed by atoms with E-state index in [0.29, 0.717) is 34.2 Å². The Kier molecular flexibility index (Phi) is 5.59. The van der Waals surface area contributed by atoms with Gasteiger partial charge in [0.2, 0.25) is 0 Å². The van der Waals surface area contributed by atoms with Gasteiger partial charge < -0.3 is 14.8 Å². The molecule has 0 aliphatic carbocycles. The number of aliphatic hydroxyl groups excluding tert-OH is 1. The van der Waals surface area contributed by atoms with Crippen molar-refractivity contribution >= 4 is 45.6 Å². The Bertz CT molecular complexity index is 1440. The van der Waals surface area contributed by atoms with Crippen LogP contribution in [0.25, 0.3) is 16.7 Å². The molecule has 3 aromatic carbocycles. The summed E-state index contributed by atoms with van der Waals surface area (Å²) in [6.45, 7) is 2.33. The Balaban J connectivity index is 1.73. The summed E-state index contributed by atoms with van der Waals surface area (Å²) in [5, 5.41) is 12.7. The lowest BCUT2D eigenvalue weighted by atomic mass is 9.95. The zero-order chi connectivity index (χ0) is 23.8. The van der Waals surface area contributed by atoms with Gasteiger partial charge >= 0.3 is 0 Å². The van der Waals surface area contributed by atoms with Crippen molar-refractivity contribution in [2.24, 2.45) is 0 Å². The van der Waals surface area contributed by atoms with E-state index in [9.17, 15) is 14.7 Å². The number of aromatic amines is 1. The van der Waals surface area contributed by atoms with Crippen molar-refractivity contribution < 1.29 is 19.4 Å². The SMILES string of the molecule is CCOc1cccc(N2C(=O)C(=O)/C(=C(\O)c3c[nH]c4ccccc34)C2c2ccc(Cl)cc2)c1. The monoisotopic (exact) mass is 472 g/mol. The molecule has 1 fully saturated rings. The number of para-hydroxylation sites is 1. The number of hydrogen-bond acceptors (Lipinski definition) is 4. The Morgan fingerprint density at radius 1 is 1.06 bits per heavy atom. The first kappa shape index (κ1) is 21.8. The van der Waals surface area contributed by atoms with Gasteiger partial charge in [0.1, 0.15) is 11.5 Å². The number of anilines is 1. The summed E-state index contributed by atoms with van der Waals surface area (Å²) >= 11 is 6.10. The van der Waals surface area contributed by atoms with Crippen molar-refractivity contribution in [2.75, 3.05) is 11.5 Å². The third-order valence-electron chi connectivity index (χ3n) is 5.88. The summed E-state index contributed by atoms with van der Waals surface area (Å²) in [5.41, 5.74) is 2.41. The molecule has 1 unspecified atom stereocenters. The second-order valence-corrected chi connectivity index (χ2v) is 8.34. The smallest absolute Gasteiger partial charge is 0.300 e. The van der Waals surface area contributed by atoms with Crippen LogP contribution in [-0.4, -0.2) is 28.4 Å². The molecule has 0 bridgehead atoms. The quantitative estimate of drug-likeness (QED) is 0.217. The highest BCUT2D eigenvalue weighted by atomic mass is 35.5. The first-order chi connectivity index (χ1) is 16.5. The van der Waals surface area contributed by atoms with Crippen LogP contribution in [0.1, 0.15) is 24.1 Å². The first-order valence-corrected chi connectivity index (χ1v) is 11.2. The lowest BCUT2D eigenvalue weighted by molar-refractivity contribution is -0.132. The van der Waals surface area contributed by atoms with Crippen molar-refractivity contribution in [1.29, 1.82) is 0 Å². The Morgan fingerprint density at radius 2 is 1.82 bits per heavy atom. The molecule has 170 valence electrons. The number of nitrogens with zero attached hydrogens (tertiary/aromatic N) is 1. The second-order valence-electron chi connectivity index (χ2n) is 7.90. The van der Waals surface area contributed by atoms with Crippen LogP contribution in [0.2, 0.25) is 5.02 Å². The van der Waals surface area contributed by atoms with Gasteiger partial charge in [-0.2, -0.15) is 0 Å². The van der Waals surface area contributed by atoms with Gasteiger partial charge in [0, 0.05) is 39.4 Å². The fraction of sp³-hybridized carbons (Fsp3) is 0.111.